The van der Waals surface area contributed by atoms with Gasteiger partial charge >= 0.3 is 0 Å². The molecule has 0 aliphatic carbocycles. The largest absolute Gasteiger partial charge is 0.387 e. The number of hydrogen-bond donors (Lipinski definition) is 2. The van der Waals surface area contributed by atoms with Crippen molar-refractivity contribution in [3.05, 3.63) is 89.5 Å². The lowest BCUT2D eigenvalue weighted by Crippen LogP contribution is -2.14. The Morgan fingerprint density at radius 2 is 2.32 bits per heavy atom. The summed E-state index contributed by atoms with van der Waals surface area (Å²) in [5.41, 5.74) is 3.04. The summed E-state index contributed by atoms with van der Waals surface area (Å²) in [5, 5.41) is 16.2. The van der Waals surface area contributed by atoms with Crippen LogP contribution in [-0.2, 0) is 7.05 Å². The Kier molecular flexibility index (Phi) is 6.44. The van der Waals surface area contributed by atoms with E-state index in [1.807, 2.05) is 35.9 Å². The minimum Gasteiger partial charge on any atom is -0.387 e. The first-order valence-corrected chi connectivity index (χ1v) is 9.72. The van der Waals surface area contributed by atoms with Crippen molar-refractivity contribution in [2.45, 2.75) is 6.10 Å². The van der Waals surface area contributed by atoms with Gasteiger partial charge in [-0.2, -0.15) is 0 Å². The lowest BCUT2D eigenvalue weighted by atomic mass is 9.93. The van der Waals surface area contributed by atoms with Gasteiger partial charge in [0.15, 0.2) is 0 Å². The van der Waals surface area contributed by atoms with Crippen molar-refractivity contribution in [2.24, 2.45) is 7.05 Å². The van der Waals surface area contributed by atoms with Crippen molar-refractivity contribution < 1.29 is 13.9 Å². The number of rotatable bonds is 7. The number of aliphatic hydroxyl groups is 1. The standard InChI is InChI=1S/C22H22F2N2OS/c1-3-17(24)12-15(8-9-23)21-20(22(27)16-6-4-10-25-13-16)18(14-26(21)2)19-7-5-11-28-19/h3-8,11-14,22,25,27H,1,9-10H2,2H3/b15-8+,17-12+. The fourth-order valence-corrected chi connectivity index (χ4v) is 4.00. The second kappa shape index (κ2) is 8.99. The zero-order chi connectivity index (χ0) is 20.1. The molecule has 146 valence electrons. The lowest BCUT2D eigenvalue weighted by molar-refractivity contribution is 0.218. The molecule has 2 aromatic rings. The van der Waals surface area contributed by atoms with Gasteiger partial charge in [0.2, 0.25) is 0 Å². The number of nitrogens with zero attached hydrogens (tertiary/aromatic N) is 1. The molecular weight excluding hydrogens is 378 g/mol. The molecule has 3 heterocycles. The van der Waals surface area contributed by atoms with Crippen LogP contribution in [-0.4, -0.2) is 22.9 Å². The minimum atomic E-state index is -0.958. The molecule has 3 nitrogen and oxygen atoms in total. The number of allylic oxidation sites excluding steroid dienone is 5. The molecule has 3 rings (SSSR count). The van der Waals surface area contributed by atoms with E-state index in [0.717, 1.165) is 16.5 Å². The highest BCUT2D eigenvalue weighted by molar-refractivity contribution is 7.13. The van der Waals surface area contributed by atoms with Gasteiger partial charge in [-0.1, -0.05) is 24.8 Å². The van der Waals surface area contributed by atoms with Gasteiger partial charge < -0.3 is 15.0 Å². The highest BCUT2D eigenvalue weighted by Crippen LogP contribution is 2.41. The number of alkyl halides is 1. The lowest BCUT2D eigenvalue weighted by Gasteiger charge is -2.19. The van der Waals surface area contributed by atoms with Gasteiger partial charge in [-0.05, 0) is 29.7 Å². The highest BCUT2D eigenvalue weighted by atomic mass is 32.1. The number of halogens is 2. The number of aromatic nitrogens is 1. The van der Waals surface area contributed by atoms with E-state index in [9.17, 15) is 13.9 Å². The van der Waals surface area contributed by atoms with Crippen molar-refractivity contribution in [1.29, 1.82) is 0 Å². The van der Waals surface area contributed by atoms with Gasteiger partial charge in [0.25, 0.3) is 0 Å². The van der Waals surface area contributed by atoms with E-state index in [4.69, 9.17) is 0 Å². The third-order valence-corrected chi connectivity index (χ3v) is 5.37. The van der Waals surface area contributed by atoms with E-state index in [-0.39, 0.29) is 0 Å². The Hall–Kier alpha value is -2.70. The number of hydrogen-bond acceptors (Lipinski definition) is 3. The third-order valence-electron chi connectivity index (χ3n) is 4.47. The topological polar surface area (TPSA) is 37.2 Å². The predicted molar refractivity (Wildman–Crippen MR) is 112 cm³/mol. The summed E-state index contributed by atoms with van der Waals surface area (Å²) < 4.78 is 29.0. The van der Waals surface area contributed by atoms with Crippen LogP contribution in [0.4, 0.5) is 8.78 Å². The fraction of sp³-hybridized carbons (Fsp3) is 0.182. The van der Waals surface area contributed by atoms with Crippen molar-refractivity contribution in [3.8, 4) is 10.4 Å². The predicted octanol–water partition coefficient (Wildman–Crippen LogP) is 5.22. The summed E-state index contributed by atoms with van der Waals surface area (Å²) >= 11 is 1.54. The average Bonchev–Trinajstić information content (AvgIpc) is 3.35. The van der Waals surface area contributed by atoms with Gasteiger partial charge in [-0.25, -0.2) is 8.78 Å². The van der Waals surface area contributed by atoms with E-state index >= 15 is 0 Å². The summed E-state index contributed by atoms with van der Waals surface area (Å²) in [7, 11) is 1.80. The van der Waals surface area contributed by atoms with Crippen LogP contribution >= 0.6 is 11.3 Å². The molecule has 0 saturated carbocycles. The Labute approximate surface area is 167 Å². The van der Waals surface area contributed by atoms with Gasteiger partial charge in [0.05, 0.1) is 5.69 Å². The maximum atomic E-state index is 14.0. The zero-order valence-electron chi connectivity index (χ0n) is 15.5. The van der Waals surface area contributed by atoms with Gasteiger partial charge in [0, 0.05) is 53.1 Å². The smallest absolute Gasteiger partial charge is 0.123 e. The molecule has 28 heavy (non-hydrogen) atoms. The van der Waals surface area contributed by atoms with Crippen molar-refractivity contribution in [2.75, 3.05) is 13.2 Å². The van der Waals surface area contributed by atoms with E-state index in [1.165, 1.54) is 12.2 Å². The van der Waals surface area contributed by atoms with Crippen LogP contribution in [0.5, 0.6) is 0 Å². The van der Waals surface area contributed by atoms with Crippen LogP contribution in [0.2, 0.25) is 0 Å². The van der Waals surface area contributed by atoms with Crippen LogP contribution in [0.25, 0.3) is 16.0 Å². The molecule has 1 aliphatic heterocycles. The Morgan fingerprint density at radius 1 is 1.50 bits per heavy atom. The van der Waals surface area contributed by atoms with Crippen LogP contribution in [0, 0.1) is 0 Å². The van der Waals surface area contributed by atoms with Crippen LogP contribution in [0.1, 0.15) is 17.4 Å². The first-order valence-electron chi connectivity index (χ1n) is 8.84. The monoisotopic (exact) mass is 400 g/mol. The second-order valence-electron chi connectivity index (χ2n) is 6.30. The molecule has 2 aromatic heterocycles. The summed E-state index contributed by atoms with van der Waals surface area (Å²) in [6.45, 7) is 3.36. The molecule has 0 saturated heterocycles. The number of aryl methyl sites for hydroxylation is 1. The van der Waals surface area contributed by atoms with Gasteiger partial charge in [0.1, 0.15) is 18.6 Å². The molecule has 0 spiro atoms. The zero-order valence-corrected chi connectivity index (χ0v) is 16.3. The Balaban J connectivity index is 2.24. The van der Waals surface area contributed by atoms with Crippen LogP contribution < -0.4 is 5.32 Å². The number of thiophene rings is 1. The fourth-order valence-electron chi connectivity index (χ4n) is 3.25. The molecule has 1 unspecified atom stereocenters. The highest BCUT2D eigenvalue weighted by Gasteiger charge is 2.26. The molecule has 0 amide bonds. The normalized spacial score (nSPS) is 15.9. The molecule has 0 aromatic carbocycles. The first kappa shape index (κ1) is 20.0. The first-order chi connectivity index (χ1) is 13.6. The summed E-state index contributed by atoms with van der Waals surface area (Å²) in [4.78, 5) is 0.969. The van der Waals surface area contributed by atoms with Crippen LogP contribution in [0.15, 0.2) is 78.3 Å². The van der Waals surface area contributed by atoms with Crippen molar-refractivity contribution >= 4 is 16.9 Å². The molecule has 1 aliphatic rings. The Morgan fingerprint density at radius 3 is 2.93 bits per heavy atom. The Bertz CT molecular complexity index is 965. The molecule has 0 bridgehead atoms. The molecule has 1 atom stereocenters. The maximum absolute atomic E-state index is 14.0. The average molecular weight is 400 g/mol. The molecule has 0 radical (unpaired) electrons. The van der Waals surface area contributed by atoms with E-state index in [1.54, 1.807) is 29.2 Å². The summed E-state index contributed by atoms with van der Waals surface area (Å²) in [6, 6.07) is 3.89. The number of nitrogens with one attached hydrogen (secondary N) is 1. The quantitative estimate of drug-likeness (QED) is 0.625. The van der Waals surface area contributed by atoms with Crippen molar-refractivity contribution in [3.63, 3.8) is 0 Å². The molecular formula is C22H22F2N2OS. The maximum Gasteiger partial charge on any atom is 0.123 e. The van der Waals surface area contributed by atoms with Crippen molar-refractivity contribution in [1.82, 2.24) is 9.88 Å². The van der Waals surface area contributed by atoms with Gasteiger partial charge in [-0.3, -0.25) is 0 Å². The second-order valence-corrected chi connectivity index (χ2v) is 7.25. The minimum absolute atomic E-state index is 0.354. The van der Waals surface area contributed by atoms with Crippen LogP contribution in [0.3, 0.4) is 0 Å². The number of dihydropyridines is 1. The molecule has 6 heteroatoms. The molecule has 2 N–H and O–H groups in total. The molecule has 0 fully saturated rings. The van der Waals surface area contributed by atoms with E-state index < -0.39 is 18.6 Å². The summed E-state index contributed by atoms with van der Waals surface area (Å²) in [5.74, 6) is -0.572. The van der Waals surface area contributed by atoms with E-state index in [2.05, 4.69) is 11.9 Å². The summed E-state index contributed by atoms with van der Waals surface area (Å²) in [6.07, 6.45) is 10.1. The van der Waals surface area contributed by atoms with E-state index in [0.29, 0.717) is 28.9 Å². The third kappa shape index (κ3) is 4.08. The SMILES string of the molecule is C=C/C(F)=C\C(=C/CF)c1c(C(O)C2=CNCC=C2)c(-c2cccs2)cn1C. The van der Waals surface area contributed by atoms with Gasteiger partial charge in [-0.15, -0.1) is 11.3 Å². The number of aliphatic hydroxyl groups excluding tert-OH is 1.